The Labute approximate surface area is 323 Å². The lowest BCUT2D eigenvalue weighted by atomic mass is 9.90. The minimum atomic E-state index is -1.06. The van der Waals surface area contributed by atoms with Gasteiger partial charge >= 0.3 is 0 Å². The first kappa shape index (κ1) is 37.3. The highest BCUT2D eigenvalue weighted by molar-refractivity contribution is 6.06. The topological polar surface area (TPSA) is 160 Å². The summed E-state index contributed by atoms with van der Waals surface area (Å²) in [5, 5.41) is 5.12. The summed E-state index contributed by atoms with van der Waals surface area (Å²) in [7, 11) is 0. The highest BCUT2D eigenvalue weighted by Gasteiger charge is 2.40. The van der Waals surface area contributed by atoms with Crippen molar-refractivity contribution in [3.8, 4) is 5.75 Å². The summed E-state index contributed by atoms with van der Waals surface area (Å²) in [6.45, 7) is 6.63. The van der Waals surface area contributed by atoms with Crippen LogP contribution in [0.1, 0.15) is 105 Å². The van der Waals surface area contributed by atoms with E-state index >= 15 is 0 Å². The average molecular weight is 767 g/mol. The van der Waals surface area contributed by atoms with Crippen molar-refractivity contribution < 1.29 is 28.3 Å². The molecule has 3 aliphatic heterocycles. The second-order valence-corrected chi connectivity index (χ2v) is 15.8. The summed E-state index contributed by atoms with van der Waals surface area (Å²) >= 11 is 0. The van der Waals surface area contributed by atoms with E-state index in [1.165, 1.54) is 16.8 Å². The maximum atomic E-state index is 13.7. The minimum Gasteiger partial charge on any atom is -0.490 e. The van der Waals surface area contributed by atoms with Gasteiger partial charge in [0.15, 0.2) is 0 Å². The highest BCUT2D eigenvalue weighted by atomic mass is 19.1. The molecule has 0 spiro atoms. The largest absolute Gasteiger partial charge is 0.490 e. The van der Waals surface area contributed by atoms with Crippen LogP contribution in [-0.2, 0) is 14.4 Å². The fourth-order valence-electron chi connectivity index (χ4n) is 8.22. The van der Waals surface area contributed by atoms with Gasteiger partial charge < -0.3 is 28.8 Å². The molecule has 294 valence electrons. The van der Waals surface area contributed by atoms with Gasteiger partial charge in [-0.15, -0.1) is 0 Å². The first-order chi connectivity index (χ1) is 27.0. The van der Waals surface area contributed by atoms with E-state index in [-0.39, 0.29) is 53.3 Å². The molecule has 2 N–H and O–H groups in total. The normalized spacial score (nSPS) is 22.0. The van der Waals surface area contributed by atoms with Crippen LogP contribution in [0.4, 0.5) is 15.9 Å². The molecular weight excluding hydrogens is 719 g/mol. The molecule has 4 fully saturated rings. The van der Waals surface area contributed by atoms with Gasteiger partial charge in [-0.1, -0.05) is 6.07 Å². The van der Waals surface area contributed by atoms with E-state index in [0.717, 1.165) is 55.8 Å². The number of imide groups is 1. The van der Waals surface area contributed by atoms with Crippen molar-refractivity contribution >= 4 is 40.8 Å². The van der Waals surface area contributed by atoms with Gasteiger partial charge in [0.2, 0.25) is 17.7 Å². The number of pyridine rings is 3. The van der Waals surface area contributed by atoms with Crippen LogP contribution in [0.25, 0.3) is 5.65 Å². The fraction of sp³-hybridized carbons (Fsp3) is 0.488. The van der Waals surface area contributed by atoms with Crippen molar-refractivity contribution in [2.24, 2.45) is 5.92 Å². The molecule has 1 saturated carbocycles. The van der Waals surface area contributed by atoms with E-state index in [9.17, 15) is 28.4 Å². The molecule has 1 unspecified atom stereocenters. The SMILES string of the molecule is CC(C)Oc1cc2nc(C3CCN(C(=O)CC4CCN(c5ccc(C6CCC(=O)NC6=O)cn5)CC4)CC3)cn2cc1C(=O)Nc1cccn([C@H]2C[C@H]2F)c1=O. The summed E-state index contributed by atoms with van der Waals surface area (Å²) in [5.74, 6) is 0.457. The standard InChI is InChI=1S/C41H47FN8O6/c1-24(2)56-34-20-36-44-32(23-49(36)22-29(34)40(54)45-31-4-3-13-50(41(31)55)33-19-30(33)42)26-11-16-48(17-12-26)38(52)18-25-9-14-47(15-10-25)35-7-5-27(21-43-35)28-6-8-37(51)46-39(28)53/h3-5,7,13,20-26,28,30,33H,6,8-12,14-19H2,1-2H3,(H,45,54)(H,46,51,53)/t28?,30-,33+/m1/s1. The number of likely N-dealkylation sites (tertiary alicyclic amines) is 1. The summed E-state index contributed by atoms with van der Waals surface area (Å²) in [5.41, 5.74) is 2.18. The zero-order chi connectivity index (χ0) is 39.1. The van der Waals surface area contributed by atoms with E-state index < -0.39 is 23.7 Å². The van der Waals surface area contributed by atoms with Crippen LogP contribution in [-0.4, -0.2) is 85.9 Å². The molecule has 4 amide bonds. The predicted molar refractivity (Wildman–Crippen MR) is 206 cm³/mol. The molecule has 0 bridgehead atoms. The van der Waals surface area contributed by atoms with Gasteiger partial charge in [0.05, 0.1) is 29.3 Å². The number of nitrogens with zero attached hydrogens (tertiary/aromatic N) is 6. The third kappa shape index (κ3) is 7.89. The number of hydrogen-bond acceptors (Lipinski definition) is 9. The van der Waals surface area contributed by atoms with Crippen LogP contribution in [0.15, 0.2) is 59.9 Å². The van der Waals surface area contributed by atoms with E-state index in [1.807, 2.05) is 37.1 Å². The molecule has 7 heterocycles. The summed E-state index contributed by atoms with van der Waals surface area (Å²) in [6.07, 6.45) is 10.5. The number of aromatic nitrogens is 4. The predicted octanol–water partition coefficient (Wildman–Crippen LogP) is 4.75. The zero-order valence-electron chi connectivity index (χ0n) is 31.7. The number of piperidine rings is 3. The monoisotopic (exact) mass is 766 g/mol. The van der Waals surface area contributed by atoms with Crippen molar-refractivity contribution in [3.63, 3.8) is 0 Å². The second-order valence-electron chi connectivity index (χ2n) is 15.8. The molecule has 0 aromatic carbocycles. The van der Waals surface area contributed by atoms with E-state index in [4.69, 9.17) is 9.72 Å². The number of rotatable bonds is 10. The Kier molecular flexibility index (Phi) is 10.3. The molecule has 4 aromatic heterocycles. The van der Waals surface area contributed by atoms with Gasteiger partial charge in [-0.3, -0.25) is 29.3 Å². The van der Waals surface area contributed by atoms with Crippen LogP contribution < -0.4 is 25.8 Å². The smallest absolute Gasteiger partial charge is 0.274 e. The molecular formula is C41H47FN8O6. The molecule has 1 aliphatic carbocycles. The maximum Gasteiger partial charge on any atom is 0.274 e. The first-order valence-corrected chi connectivity index (χ1v) is 19.7. The Bertz CT molecular complexity index is 2200. The van der Waals surface area contributed by atoms with Gasteiger partial charge in [-0.05, 0) is 75.6 Å². The van der Waals surface area contributed by atoms with Crippen LogP contribution in [0.3, 0.4) is 0 Å². The number of halogens is 1. The van der Waals surface area contributed by atoms with Crippen molar-refractivity contribution in [2.75, 3.05) is 36.4 Å². The lowest BCUT2D eigenvalue weighted by molar-refractivity contribution is -0.135. The van der Waals surface area contributed by atoms with Crippen molar-refractivity contribution in [1.29, 1.82) is 0 Å². The Morgan fingerprint density at radius 2 is 1.79 bits per heavy atom. The number of carbonyl (C=O) groups is 4. The lowest BCUT2D eigenvalue weighted by Crippen LogP contribution is -2.41. The van der Waals surface area contributed by atoms with Gasteiger partial charge in [-0.2, -0.15) is 0 Å². The van der Waals surface area contributed by atoms with E-state index in [2.05, 4.69) is 20.5 Å². The zero-order valence-corrected chi connectivity index (χ0v) is 31.7. The molecule has 3 saturated heterocycles. The number of anilines is 2. The van der Waals surface area contributed by atoms with Gasteiger partial charge in [-0.25, -0.2) is 14.4 Å². The Balaban J connectivity index is 0.851. The number of amides is 4. The fourth-order valence-corrected chi connectivity index (χ4v) is 8.22. The Morgan fingerprint density at radius 1 is 1.02 bits per heavy atom. The Morgan fingerprint density at radius 3 is 2.46 bits per heavy atom. The van der Waals surface area contributed by atoms with Crippen LogP contribution >= 0.6 is 0 Å². The summed E-state index contributed by atoms with van der Waals surface area (Å²) in [6, 6.07) is 8.23. The van der Waals surface area contributed by atoms with Gasteiger partial charge in [0.1, 0.15) is 29.1 Å². The number of alkyl halides is 1. The number of hydrogen-bond donors (Lipinski definition) is 2. The molecule has 56 heavy (non-hydrogen) atoms. The number of nitrogens with one attached hydrogen (secondary N) is 2. The molecule has 15 heteroatoms. The molecule has 4 aliphatic rings. The van der Waals surface area contributed by atoms with Crippen LogP contribution in [0, 0.1) is 5.92 Å². The quantitative estimate of drug-likeness (QED) is 0.217. The minimum absolute atomic E-state index is 0.0678. The van der Waals surface area contributed by atoms with Gasteiger partial charge in [0, 0.05) is 82.2 Å². The Hall–Kier alpha value is -5.60. The molecule has 3 atom stereocenters. The van der Waals surface area contributed by atoms with Crippen LogP contribution in [0.2, 0.25) is 0 Å². The number of carbonyl (C=O) groups excluding carboxylic acids is 4. The summed E-state index contributed by atoms with van der Waals surface area (Å²) in [4.78, 5) is 77.5. The van der Waals surface area contributed by atoms with E-state index in [0.29, 0.717) is 49.7 Å². The molecule has 4 aromatic rings. The van der Waals surface area contributed by atoms with Gasteiger partial charge in [0.25, 0.3) is 11.5 Å². The number of imidazole rings is 1. The van der Waals surface area contributed by atoms with E-state index in [1.54, 1.807) is 28.9 Å². The third-order valence-electron chi connectivity index (χ3n) is 11.5. The third-order valence-corrected chi connectivity index (χ3v) is 11.5. The highest BCUT2D eigenvalue weighted by Crippen LogP contribution is 2.38. The number of fused-ring (bicyclic) bond motifs is 1. The average Bonchev–Trinajstić information content (AvgIpc) is 3.76. The second kappa shape index (κ2) is 15.5. The molecule has 0 radical (unpaired) electrons. The van der Waals surface area contributed by atoms with Crippen molar-refractivity contribution in [3.05, 3.63) is 82.3 Å². The number of ether oxygens (including phenoxy) is 1. The summed E-state index contributed by atoms with van der Waals surface area (Å²) < 4.78 is 22.9. The maximum absolute atomic E-state index is 13.7. The van der Waals surface area contributed by atoms with Crippen LogP contribution in [0.5, 0.6) is 5.75 Å². The molecule has 8 rings (SSSR count). The first-order valence-electron chi connectivity index (χ1n) is 19.7. The van der Waals surface area contributed by atoms with Crippen molar-refractivity contribution in [2.45, 2.75) is 95.4 Å². The van der Waals surface area contributed by atoms with Crippen molar-refractivity contribution in [1.82, 2.24) is 29.2 Å². The lowest BCUT2D eigenvalue weighted by Gasteiger charge is -2.35. The molecule has 14 nitrogen and oxygen atoms in total.